The van der Waals surface area contributed by atoms with E-state index < -0.39 is 5.54 Å². The Labute approximate surface area is 162 Å². The molecule has 0 fully saturated rings. The van der Waals surface area contributed by atoms with Crippen LogP contribution < -0.4 is 5.73 Å². The number of unbranched alkanes of at least 4 members (excludes halogenated alkanes) is 7. The predicted molar refractivity (Wildman–Crippen MR) is 114 cm³/mol. The molecule has 0 radical (unpaired) electrons. The van der Waals surface area contributed by atoms with Gasteiger partial charge in [0.05, 0.1) is 18.8 Å². The lowest BCUT2D eigenvalue weighted by molar-refractivity contribution is 0.112. The van der Waals surface area contributed by atoms with Gasteiger partial charge in [0.15, 0.2) is 0 Å². The number of hydrogen-bond acceptors (Lipinski definition) is 3. The molecule has 3 heteroatoms. The van der Waals surface area contributed by atoms with E-state index in [1.165, 1.54) is 50.5 Å². The Hall–Kier alpha value is -0.900. The molecule has 0 aromatic rings. The van der Waals surface area contributed by atoms with Gasteiger partial charge in [0.25, 0.3) is 0 Å². The molecule has 152 valence electrons. The van der Waals surface area contributed by atoms with Crippen LogP contribution in [0.3, 0.4) is 0 Å². The Bertz CT molecular complexity index is 395. The van der Waals surface area contributed by atoms with Crippen LogP contribution in [0, 0.1) is 0 Å². The highest BCUT2D eigenvalue weighted by atomic mass is 16.3. The molecular weight excluding hydrogens is 322 g/mol. The molecule has 0 spiro atoms. The van der Waals surface area contributed by atoms with Crippen LogP contribution in [0.2, 0.25) is 0 Å². The Kier molecular flexibility index (Phi) is 16.9. The van der Waals surface area contributed by atoms with Gasteiger partial charge in [0, 0.05) is 0 Å². The molecule has 0 unspecified atom stereocenters. The molecule has 4 N–H and O–H groups in total. The topological polar surface area (TPSA) is 66.5 Å². The van der Waals surface area contributed by atoms with E-state index in [2.05, 4.69) is 44.2 Å². The smallest absolute Gasteiger partial charge is 0.0633 e. The fourth-order valence-electron chi connectivity index (χ4n) is 2.85. The van der Waals surface area contributed by atoms with Crippen LogP contribution >= 0.6 is 0 Å². The number of nitrogens with two attached hydrogens (primary N) is 1. The first-order chi connectivity index (χ1) is 12.6. The lowest BCUT2D eigenvalue weighted by Crippen LogP contribution is -2.47. The van der Waals surface area contributed by atoms with E-state index in [1.54, 1.807) is 0 Å². The van der Waals surface area contributed by atoms with Crippen molar-refractivity contribution in [1.82, 2.24) is 0 Å². The number of aliphatic hydroxyl groups excluding tert-OH is 2. The van der Waals surface area contributed by atoms with Gasteiger partial charge in [-0.05, 0) is 25.7 Å². The summed E-state index contributed by atoms with van der Waals surface area (Å²) in [4.78, 5) is 0. The standard InChI is InChI=1S/C15H24.C8H19NO2/c1-2-3-4-5-6-9-12-15-13-10-7-8-11-14-15;1-2-3-4-5-8(9,6-10)7-11/h7-8,10,13-14H,2-6,9,11-12H2,1H3;10-11H,2-7,9H2,1H3. The van der Waals surface area contributed by atoms with Crippen molar-refractivity contribution in [3.63, 3.8) is 0 Å². The molecule has 0 amide bonds. The first-order valence-electron chi connectivity index (χ1n) is 10.6. The summed E-state index contributed by atoms with van der Waals surface area (Å²) in [7, 11) is 0. The zero-order valence-electron chi connectivity index (χ0n) is 17.3. The van der Waals surface area contributed by atoms with Crippen molar-refractivity contribution in [3.8, 4) is 0 Å². The van der Waals surface area contributed by atoms with Crippen LogP contribution in [-0.2, 0) is 0 Å². The first-order valence-corrected chi connectivity index (χ1v) is 10.6. The molecule has 0 aromatic heterocycles. The minimum absolute atomic E-state index is 0.132. The second-order valence-corrected chi connectivity index (χ2v) is 7.46. The molecular formula is C23H43NO2. The Balaban J connectivity index is 0.000000508. The highest BCUT2D eigenvalue weighted by molar-refractivity contribution is 5.26. The largest absolute Gasteiger partial charge is 0.394 e. The SMILES string of the molecule is CCCCCC(N)(CO)CO.CCCCCCCCC1=CCC=CC=C1. The highest BCUT2D eigenvalue weighted by Gasteiger charge is 2.21. The van der Waals surface area contributed by atoms with E-state index in [1.807, 2.05) is 0 Å². The Morgan fingerprint density at radius 3 is 2.15 bits per heavy atom. The molecule has 0 atom stereocenters. The van der Waals surface area contributed by atoms with Gasteiger partial charge in [0.1, 0.15) is 0 Å². The molecule has 0 saturated heterocycles. The molecule has 0 bridgehead atoms. The maximum absolute atomic E-state index is 8.80. The molecule has 1 rings (SSSR count). The minimum Gasteiger partial charge on any atom is -0.394 e. The summed E-state index contributed by atoms with van der Waals surface area (Å²) < 4.78 is 0. The number of rotatable bonds is 13. The minimum atomic E-state index is -0.755. The first kappa shape index (κ1) is 25.1. The zero-order valence-corrected chi connectivity index (χ0v) is 17.3. The molecule has 3 nitrogen and oxygen atoms in total. The van der Waals surface area contributed by atoms with Gasteiger partial charge in [-0.1, -0.05) is 101 Å². The average Bonchev–Trinajstić information content (AvgIpc) is 2.94. The van der Waals surface area contributed by atoms with Gasteiger partial charge in [-0.3, -0.25) is 0 Å². The quantitative estimate of drug-likeness (QED) is 0.381. The number of allylic oxidation sites excluding steroid dienone is 6. The van der Waals surface area contributed by atoms with Crippen LogP contribution in [-0.4, -0.2) is 29.0 Å². The highest BCUT2D eigenvalue weighted by Crippen LogP contribution is 2.15. The third-order valence-corrected chi connectivity index (χ3v) is 4.80. The summed E-state index contributed by atoms with van der Waals surface area (Å²) in [5.74, 6) is 0. The fraction of sp³-hybridized carbons (Fsp3) is 0.739. The van der Waals surface area contributed by atoms with Crippen molar-refractivity contribution in [2.45, 2.75) is 96.4 Å². The van der Waals surface area contributed by atoms with Crippen molar-refractivity contribution in [2.24, 2.45) is 5.73 Å². The molecule has 1 aliphatic carbocycles. The van der Waals surface area contributed by atoms with E-state index >= 15 is 0 Å². The summed E-state index contributed by atoms with van der Waals surface area (Å²) in [6.45, 7) is 4.12. The van der Waals surface area contributed by atoms with Gasteiger partial charge >= 0.3 is 0 Å². The van der Waals surface area contributed by atoms with Gasteiger partial charge in [-0.25, -0.2) is 0 Å². The maximum atomic E-state index is 8.80. The average molecular weight is 366 g/mol. The normalized spacial score (nSPS) is 13.8. The lowest BCUT2D eigenvalue weighted by Gasteiger charge is -2.24. The van der Waals surface area contributed by atoms with Crippen molar-refractivity contribution in [1.29, 1.82) is 0 Å². The maximum Gasteiger partial charge on any atom is 0.0633 e. The van der Waals surface area contributed by atoms with E-state index in [-0.39, 0.29) is 13.2 Å². The summed E-state index contributed by atoms with van der Waals surface area (Å²) in [6.07, 6.45) is 25.8. The summed E-state index contributed by atoms with van der Waals surface area (Å²) in [6, 6.07) is 0. The van der Waals surface area contributed by atoms with E-state index in [4.69, 9.17) is 15.9 Å². The van der Waals surface area contributed by atoms with Crippen LogP contribution in [0.15, 0.2) is 36.0 Å². The molecule has 0 heterocycles. The van der Waals surface area contributed by atoms with Crippen LogP contribution in [0.1, 0.15) is 90.9 Å². The van der Waals surface area contributed by atoms with Crippen LogP contribution in [0.25, 0.3) is 0 Å². The van der Waals surface area contributed by atoms with Gasteiger partial charge in [-0.2, -0.15) is 0 Å². The Morgan fingerprint density at radius 2 is 1.50 bits per heavy atom. The molecule has 0 aliphatic heterocycles. The molecule has 0 aromatic carbocycles. The zero-order chi connectivity index (χ0) is 19.5. The van der Waals surface area contributed by atoms with Gasteiger partial charge < -0.3 is 15.9 Å². The molecule has 1 aliphatic rings. The van der Waals surface area contributed by atoms with Gasteiger partial charge in [-0.15, -0.1) is 0 Å². The van der Waals surface area contributed by atoms with E-state index in [0.717, 1.165) is 25.7 Å². The second kappa shape index (κ2) is 17.5. The van der Waals surface area contributed by atoms with Gasteiger partial charge in [0.2, 0.25) is 0 Å². The second-order valence-electron chi connectivity index (χ2n) is 7.46. The van der Waals surface area contributed by atoms with E-state index in [0.29, 0.717) is 6.42 Å². The predicted octanol–water partition coefficient (Wildman–Crippen LogP) is 5.43. The van der Waals surface area contributed by atoms with Crippen LogP contribution in [0.4, 0.5) is 0 Å². The monoisotopic (exact) mass is 365 g/mol. The number of aliphatic hydroxyl groups is 2. The van der Waals surface area contributed by atoms with Crippen molar-refractivity contribution < 1.29 is 10.2 Å². The van der Waals surface area contributed by atoms with Crippen LogP contribution in [0.5, 0.6) is 0 Å². The summed E-state index contributed by atoms with van der Waals surface area (Å²) in [5.41, 5.74) is 6.41. The van der Waals surface area contributed by atoms with Crippen molar-refractivity contribution in [2.75, 3.05) is 13.2 Å². The molecule has 0 saturated carbocycles. The third kappa shape index (κ3) is 14.3. The third-order valence-electron chi connectivity index (χ3n) is 4.80. The summed E-state index contributed by atoms with van der Waals surface area (Å²) >= 11 is 0. The van der Waals surface area contributed by atoms with Crippen molar-refractivity contribution in [3.05, 3.63) is 36.0 Å². The Morgan fingerprint density at radius 1 is 0.885 bits per heavy atom. The van der Waals surface area contributed by atoms with Crippen molar-refractivity contribution >= 4 is 0 Å². The summed E-state index contributed by atoms with van der Waals surface area (Å²) in [5, 5.41) is 17.6. The molecule has 26 heavy (non-hydrogen) atoms. The lowest BCUT2D eigenvalue weighted by atomic mass is 9.95. The number of hydrogen-bond donors (Lipinski definition) is 3. The van der Waals surface area contributed by atoms with E-state index in [9.17, 15) is 0 Å². The fourth-order valence-corrected chi connectivity index (χ4v) is 2.85.